The maximum atomic E-state index is 4.37. The van der Waals surface area contributed by atoms with E-state index in [9.17, 15) is 0 Å². The summed E-state index contributed by atoms with van der Waals surface area (Å²) >= 11 is 0. The van der Waals surface area contributed by atoms with Crippen LogP contribution in [0.1, 0.15) is 31.5 Å². The fraction of sp³-hybridized carbons (Fsp3) is 0.700. The van der Waals surface area contributed by atoms with Crippen LogP contribution in [0, 0.1) is 5.92 Å². The van der Waals surface area contributed by atoms with Crippen LogP contribution in [0.3, 0.4) is 0 Å². The molecule has 0 N–H and O–H groups in total. The van der Waals surface area contributed by atoms with Gasteiger partial charge < -0.3 is 0 Å². The van der Waals surface area contributed by atoms with Gasteiger partial charge in [-0.15, -0.1) is 0 Å². The Hall–Kier alpha value is -0.790. The Balaban J connectivity index is 2.32. The minimum Gasteiger partial charge on any atom is -0.270 e. The predicted octanol–water partition coefficient (Wildman–Crippen LogP) is 2.03. The maximum Gasteiger partial charge on any atom is 0.0524 e. The predicted molar refractivity (Wildman–Crippen MR) is 49.1 cm³/mol. The molecule has 1 atom stereocenters. The Labute approximate surface area is 73.6 Å². The van der Waals surface area contributed by atoms with Crippen molar-refractivity contribution in [2.24, 2.45) is 5.92 Å². The molecule has 0 aliphatic heterocycles. The van der Waals surface area contributed by atoms with Gasteiger partial charge in [-0.2, -0.15) is 5.10 Å². The summed E-state index contributed by atoms with van der Waals surface area (Å²) in [6.07, 6.45) is 5.84. The average molecular weight is 164 g/mol. The molecule has 1 aliphatic carbocycles. The molecule has 0 radical (unpaired) electrons. The normalized spacial score (nSPS) is 22.3. The molecule has 0 unspecified atom stereocenters. The SMILES string of the molecule is CCn1ncc2c1CC[C@H](C)C2. The Morgan fingerprint density at radius 1 is 1.67 bits per heavy atom. The molecule has 1 aromatic heterocycles. The lowest BCUT2D eigenvalue weighted by Gasteiger charge is -2.18. The summed E-state index contributed by atoms with van der Waals surface area (Å²) < 4.78 is 2.14. The van der Waals surface area contributed by atoms with Gasteiger partial charge in [-0.3, -0.25) is 4.68 Å². The first-order valence-corrected chi connectivity index (χ1v) is 4.84. The van der Waals surface area contributed by atoms with Crippen molar-refractivity contribution in [3.8, 4) is 0 Å². The molecule has 0 saturated carbocycles. The van der Waals surface area contributed by atoms with Crippen LogP contribution in [-0.4, -0.2) is 9.78 Å². The molecule has 1 aromatic rings. The van der Waals surface area contributed by atoms with Crippen LogP contribution < -0.4 is 0 Å². The van der Waals surface area contributed by atoms with E-state index < -0.39 is 0 Å². The van der Waals surface area contributed by atoms with Gasteiger partial charge in [0, 0.05) is 12.2 Å². The van der Waals surface area contributed by atoms with E-state index in [2.05, 4.69) is 29.8 Å². The van der Waals surface area contributed by atoms with Crippen molar-refractivity contribution < 1.29 is 0 Å². The summed E-state index contributed by atoms with van der Waals surface area (Å²) in [6, 6.07) is 0. The molecule has 0 bridgehead atoms. The van der Waals surface area contributed by atoms with Gasteiger partial charge in [0.2, 0.25) is 0 Å². The van der Waals surface area contributed by atoms with Crippen LogP contribution in [0.25, 0.3) is 0 Å². The number of rotatable bonds is 1. The van der Waals surface area contributed by atoms with E-state index in [0.29, 0.717) is 0 Å². The monoisotopic (exact) mass is 164 g/mol. The summed E-state index contributed by atoms with van der Waals surface area (Å²) in [7, 11) is 0. The largest absolute Gasteiger partial charge is 0.270 e. The number of aromatic nitrogens is 2. The second-order valence-electron chi connectivity index (χ2n) is 3.78. The molecular formula is C10H16N2. The van der Waals surface area contributed by atoms with Crippen LogP contribution in [-0.2, 0) is 19.4 Å². The lowest BCUT2D eigenvalue weighted by atomic mass is 9.89. The van der Waals surface area contributed by atoms with E-state index in [1.807, 2.05) is 0 Å². The highest BCUT2D eigenvalue weighted by molar-refractivity contribution is 5.21. The van der Waals surface area contributed by atoms with Crippen LogP contribution in [0.15, 0.2) is 6.20 Å². The topological polar surface area (TPSA) is 17.8 Å². The average Bonchev–Trinajstić information content (AvgIpc) is 2.46. The third-order valence-electron chi connectivity index (χ3n) is 2.78. The molecule has 0 spiro atoms. The molecule has 0 amide bonds. The summed E-state index contributed by atoms with van der Waals surface area (Å²) in [5.74, 6) is 0.854. The molecular weight excluding hydrogens is 148 g/mol. The highest BCUT2D eigenvalue weighted by Crippen LogP contribution is 2.24. The maximum absolute atomic E-state index is 4.37. The highest BCUT2D eigenvalue weighted by Gasteiger charge is 2.18. The van der Waals surface area contributed by atoms with Crippen molar-refractivity contribution in [2.75, 3.05) is 0 Å². The fourth-order valence-corrected chi connectivity index (χ4v) is 2.04. The van der Waals surface area contributed by atoms with Gasteiger partial charge in [0.15, 0.2) is 0 Å². The zero-order valence-corrected chi connectivity index (χ0v) is 7.88. The zero-order chi connectivity index (χ0) is 8.55. The molecule has 1 aliphatic rings. The lowest BCUT2D eigenvalue weighted by molar-refractivity contribution is 0.479. The molecule has 12 heavy (non-hydrogen) atoms. The van der Waals surface area contributed by atoms with E-state index in [1.165, 1.54) is 30.5 Å². The van der Waals surface area contributed by atoms with Crippen molar-refractivity contribution in [1.29, 1.82) is 0 Å². The minimum absolute atomic E-state index is 0.854. The third kappa shape index (κ3) is 1.15. The lowest BCUT2D eigenvalue weighted by Crippen LogP contribution is -2.13. The van der Waals surface area contributed by atoms with Crippen molar-refractivity contribution in [3.05, 3.63) is 17.5 Å². The number of fused-ring (bicyclic) bond motifs is 1. The first kappa shape index (κ1) is 7.84. The molecule has 1 heterocycles. The Morgan fingerprint density at radius 2 is 2.50 bits per heavy atom. The number of hydrogen-bond donors (Lipinski definition) is 0. The van der Waals surface area contributed by atoms with Gasteiger partial charge in [-0.05, 0) is 37.7 Å². The number of hydrogen-bond acceptors (Lipinski definition) is 1. The number of nitrogens with zero attached hydrogens (tertiary/aromatic N) is 2. The molecule has 2 heteroatoms. The summed E-state index contributed by atoms with van der Waals surface area (Å²) in [6.45, 7) is 5.50. The molecule has 0 saturated heterocycles. The zero-order valence-electron chi connectivity index (χ0n) is 7.88. The molecule has 2 nitrogen and oxygen atoms in total. The standard InChI is InChI=1S/C10H16N2/c1-3-12-10-5-4-8(2)6-9(10)7-11-12/h7-8H,3-6H2,1-2H3/t8-/m0/s1. The van der Waals surface area contributed by atoms with E-state index in [-0.39, 0.29) is 0 Å². The third-order valence-corrected chi connectivity index (χ3v) is 2.78. The molecule has 0 fully saturated rings. The Morgan fingerprint density at radius 3 is 3.25 bits per heavy atom. The molecule has 2 rings (SSSR count). The molecule has 0 aromatic carbocycles. The smallest absolute Gasteiger partial charge is 0.0524 e. The van der Waals surface area contributed by atoms with E-state index in [0.717, 1.165) is 12.5 Å². The second kappa shape index (κ2) is 2.92. The minimum atomic E-state index is 0.854. The first-order valence-electron chi connectivity index (χ1n) is 4.84. The van der Waals surface area contributed by atoms with E-state index in [1.54, 1.807) is 0 Å². The van der Waals surface area contributed by atoms with Crippen LogP contribution >= 0.6 is 0 Å². The Kier molecular flexibility index (Phi) is 1.91. The van der Waals surface area contributed by atoms with E-state index >= 15 is 0 Å². The van der Waals surface area contributed by atoms with Crippen LogP contribution in [0.5, 0.6) is 0 Å². The van der Waals surface area contributed by atoms with Gasteiger partial charge in [0.1, 0.15) is 0 Å². The number of aryl methyl sites for hydroxylation is 1. The van der Waals surface area contributed by atoms with Gasteiger partial charge >= 0.3 is 0 Å². The summed E-state index contributed by atoms with van der Waals surface area (Å²) in [5.41, 5.74) is 2.96. The van der Waals surface area contributed by atoms with Crippen LogP contribution in [0.4, 0.5) is 0 Å². The molecule has 66 valence electrons. The van der Waals surface area contributed by atoms with Gasteiger partial charge in [0.25, 0.3) is 0 Å². The second-order valence-corrected chi connectivity index (χ2v) is 3.78. The fourth-order valence-electron chi connectivity index (χ4n) is 2.04. The van der Waals surface area contributed by atoms with E-state index in [4.69, 9.17) is 0 Å². The quantitative estimate of drug-likeness (QED) is 0.621. The van der Waals surface area contributed by atoms with Gasteiger partial charge in [0.05, 0.1) is 6.20 Å². The van der Waals surface area contributed by atoms with Crippen molar-refractivity contribution in [2.45, 2.75) is 39.7 Å². The van der Waals surface area contributed by atoms with Crippen molar-refractivity contribution in [3.63, 3.8) is 0 Å². The van der Waals surface area contributed by atoms with Crippen molar-refractivity contribution >= 4 is 0 Å². The first-order chi connectivity index (χ1) is 5.81. The van der Waals surface area contributed by atoms with Gasteiger partial charge in [-0.25, -0.2) is 0 Å². The highest BCUT2D eigenvalue weighted by atomic mass is 15.3. The summed E-state index contributed by atoms with van der Waals surface area (Å²) in [5, 5.41) is 4.37. The van der Waals surface area contributed by atoms with Gasteiger partial charge in [-0.1, -0.05) is 6.92 Å². The summed E-state index contributed by atoms with van der Waals surface area (Å²) in [4.78, 5) is 0. The Bertz CT molecular complexity index is 275. The van der Waals surface area contributed by atoms with Crippen molar-refractivity contribution in [1.82, 2.24) is 9.78 Å². The van der Waals surface area contributed by atoms with Crippen LogP contribution in [0.2, 0.25) is 0 Å².